The van der Waals surface area contributed by atoms with Crippen LogP contribution in [0.2, 0.25) is 0 Å². The number of aliphatic hydroxyl groups is 1. The van der Waals surface area contributed by atoms with Gasteiger partial charge in [0.2, 0.25) is 0 Å². The van der Waals surface area contributed by atoms with Crippen LogP contribution in [0, 0.1) is 0 Å². The van der Waals surface area contributed by atoms with Crippen LogP contribution in [0.5, 0.6) is 5.75 Å². The van der Waals surface area contributed by atoms with Crippen molar-refractivity contribution in [3.05, 3.63) is 64.7 Å². The number of hydrogen-bond acceptors (Lipinski definition) is 4. The largest absolute Gasteiger partial charge is 0.491 e. The molecule has 0 radical (unpaired) electrons. The summed E-state index contributed by atoms with van der Waals surface area (Å²) in [7, 11) is 0. The predicted molar refractivity (Wildman–Crippen MR) is 113 cm³/mol. The molecule has 4 rings (SSSR count). The van der Waals surface area contributed by atoms with Gasteiger partial charge in [0.1, 0.15) is 24.0 Å². The van der Waals surface area contributed by atoms with Gasteiger partial charge in [-0.3, -0.25) is 9.69 Å². The smallest absolute Gasteiger partial charge is 0.325 e. The van der Waals surface area contributed by atoms with E-state index < -0.39 is 17.7 Å². The Morgan fingerprint density at radius 1 is 1.17 bits per heavy atom. The molecular weight excluding hydrogens is 380 g/mol. The molecule has 6 heteroatoms. The van der Waals surface area contributed by atoms with Crippen molar-refractivity contribution >= 4 is 11.9 Å². The van der Waals surface area contributed by atoms with Crippen molar-refractivity contribution in [2.75, 3.05) is 13.2 Å². The van der Waals surface area contributed by atoms with Crippen molar-refractivity contribution in [2.45, 2.75) is 51.2 Å². The summed E-state index contributed by atoms with van der Waals surface area (Å²) in [5.41, 5.74) is 3.37. The number of aryl methyl sites for hydroxylation is 3. The van der Waals surface area contributed by atoms with Gasteiger partial charge in [0.05, 0.1) is 6.54 Å². The van der Waals surface area contributed by atoms with Crippen LogP contribution in [0.1, 0.15) is 42.5 Å². The number of aliphatic hydroxyl groups excluding tert-OH is 1. The molecule has 30 heavy (non-hydrogen) atoms. The van der Waals surface area contributed by atoms with Gasteiger partial charge in [-0.05, 0) is 67.0 Å². The van der Waals surface area contributed by atoms with E-state index >= 15 is 0 Å². The molecule has 0 aromatic heterocycles. The standard InChI is InChI=1S/C24H28N2O4/c1-3-16-6-4-9-21(12-16)30-15-20(27)14-26-22(28)24(2,25-23(26)29)19-11-10-17-7-5-8-18(17)13-19/h4,6,9-13,20,27H,3,5,7-8,14-15H2,1-2H3,(H,25,29). The highest BCUT2D eigenvalue weighted by Crippen LogP contribution is 2.32. The molecule has 2 aliphatic rings. The van der Waals surface area contributed by atoms with E-state index in [2.05, 4.69) is 18.3 Å². The Balaban J connectivity index is 1.42. The van der Waals surface area contributed by atoms with Gasteiger partial charge >= 0.3 is 6.03 Å². The second kappa shape index (κ2) is 8.11. The quantitative estimate of drug-likeness (QED) is 0.691. The van der Waals surface area contributed by atoms with Gasteiger partial charge < -0.3 is 15.2 Å². The molecular formula is C24H28N2O4. The Kier molecular flexibility index (Phi) is 5.52. The van der Waals surface area contributed by atoms with E-state index in [0.717, 1.165) is 41.7 Å². The maximum absolute atomic E-state index is 13.1. The number of ether oxygens (including phenoxy) is 1. The number of rotatable bonds is 7. The number of carbonyl (C=O) groups excluding carboxylic acids is 2. The average Bonchev–Trinajstić information content (AvgIpc) is 3.30. The van der Waals surface area contributed by atoms with Gasteiger partial charge in [0, 0.05) is 0 Å². The van der Waals surface area contributed by atoms with Crippen LogP contribution in [-0.4, -0.2) is 41.2 Å². The fourth-order valence-corrected chi connectivity index (χ4v) is 4.25. The van der Waals surface area contributed by atoms with Gasteiger partial charge in [0.15, 0.2) is 0 Å². The summed E-state index contributed by atoms with van der Waals surface area (Å²) in [5, 5.41) is 13.2. The minimum Gasteiger partial charge on any atom is -0.491 e. The summed E-state index contributed by atoms with van der Waals surface area (Å²) in [5.74, 6) is 0.311. The number of β-amino-alcohol motifs (C(OH)–C–C–N with tert-alkyl or cyclic N) is 1. The monoisotopic (exact) mass is 408 g/mol. The lowest BCUT2D eigenvalue weighted by atomic mass is 9.89. The van der Waals surface area contributed by atoms with E-state index in [-0.39, 0.29) is 19.1 Å². The van der Waals surface area contributed by atoms with Crippen LogP contribution < -0.4 is 10.1 Å². The third kappa shape index (κ3) is 3.79. The Labute approximate surface area is 176 Å². The van der Waals surface area contributed by atoms with E-state index in [1.807, 2.05) is 36.4 Å². The van der Waals surface area contributed by atoms with Gasteiger partial charge in [-0.1, -0.05) is 37.3 Å². The maximum atomic E-state index is 13.1. The molecule has 158 valence electrons. The van der Waals surface area contributed by atoms with Crippen LogP contribution in [0.3, 0.4) is 0 Å². The Morgan fingerprint density at radius 2 is 1.97 bits per heavy atom. The first-order valence-corrected chi connectivity index (χ1v) is 10.6. The molecule has 0 saturated carbocycles. The van der Waals surface area contributed by atoms with E-state index in [1.165, 1.54) is 11.1 Å². The minimum atomic E-state index is -1.12. The fraction of sp³-hybridized carbons (Fsp3) is 0.417. The molecule has 2 aromatic rings. The maximum Gasteiger partial charge on any atom is 0.325 e. The summed E-state index contributed by atoms with van der Waals surface area (Å²) < 4.78 is 5.66. The lowest BCUT2D eigenvalue weighted by Crippen LogP contribution is -2.42. The predicted octanol–water partition coefficient (Wildman–Crippen LogP) is 2.94. The van der Waals surface area contributed by atoms with Crippen molar-refractivity contribution in [1.29, 1.82) is 0 Å². The molecule has 1 aliphatic heterocycles. The normalized spacial score (nSPS) is 21.5. The van der Waals surface area contributed by atoms with Crippen LogP contribution in [0.4, 0.5) is 4.79 Å². The summed E-state index contributed by atoms with van der Waals surface area (Å²) in [6.45, 7) is 3.67. The van der Waals surface area contributed by atoms with E-state index in [0.29, 0.717) is 5.75 Å². The Hall–Kier alpha value is -2.86. The Morgan fingerprint density at radius 3 is 2.77 bits per heavy atom. The molecule has 1 heterocycles. The van der Waals surface area contributed by atoms with Crippen molar-refractivity contribution in [1.82, 2.24) is 10.2 Å². The highest BCUT2D eigenvalue weighted by molar-refractivity contribution is 6.07. The zero-order chi connectivity index (χ0) is 21.3. The number of amides is 3. The van der Waals surface area contributed by atoms with Gasteiger partial charge in [-0.25, -0.2) is 4.79 Å². The Bertz CT molecular complexity index is 973. The van der Waals surface area contributed by atoms with Crippen LogP contribution in [0.15, 0.2) is 42.5 Å². The van der Waals surface area contributed by atoms with E-state index in [4.69, 9.17) is 4.74 Å². The van der Waals surface area contributed by atoms with Gasteiger partial charge in [0.25, 0.3) is 5.91 Å². The molecule has 2 N–H and O–H groups in total. The number of urea groups is 1. The van der Waals surface area contributed by atoms with Crippen LogP contribution in [0.25, 0.3) is 0 Å². The second-order valence-corrected chi connectivity index (χ2v) is 8.27. The molecule has 0 spiro atoms. The molecule has 0 bridgehead atoms. The molecule has 2 atom stereocenters. The second-order valence-electron chi connectivity index (χ2n) is 8.27. The first-order chi connectivity index (χ1) is 14.4. The molecule has 1 fully saturated rings. The number of imide groups is 1. The van der Waals surface area contributed by atoms with Gasteiger partial charge in [-0.2, -0.15) is 0 Å². The third-order valence-electron chi connectivity index (χ3n) is 6.09. The van der Waals surface area contributed by atoms with Crippen molar-refractivity contribution < 1.29 is 19.4 Å². The molecule has 2 unspecified atom stereocenters. The number of benzene rings is 2. The highest BCUT2D eigenvalue weighted by Gasteiger charge is 2.49. The van der Waals surface area contributed by atoms with Crippen molar-refractivity contribution in [3.63, 3.8) is 0 Å². The van der Waals surface area contributed by atoms with Gasteiger partial charge in [-0.15, -0.1) is 0 Å². The summed E-state index contributed by atoms with van der Waals surface area (Å²) >= 11 is 0. The third-order valence-corrected chi connectivity index (χ3v) is 6.09. The summed E-state index contributed by atoms with van der Waals surface area (Å²) in [6, 6.07) is 13.2. The average molecular weight is 408 g/mol. The number of hydrogen-bond donors (Lipinski definition) is 2. The first kappa shape index (κ1) is 20.4. The van der Waals surface area contributed by atoms with Crippen LogP contribution >= 0.6 is 0 Å². The molecule has 2 aromatic carbocycles. The number of nitrogens with zero attached hydrogens (tertiary/aromatic N) is 1. The number of fused-ring (bicyclic) bond motifs is 1. The molecule has 1 saturated heterocycles. The molecule has 3 amide bonds. The van der Waals surface area contributed by atoms with Crippen molar-refractivity contribution in [3.8, 4) is 5.75 Å². The van der Waals surface area contributed by atoms with Crippen LogP contribution in [-0.2, 0) is 29.6 Å². The fourth-order valence-electron chi connectivity index (χ4n) is 4.25. The zero-order valence-electron chi connectivity index (χ0n) is 17.5. The number of carbonyl (C=O) groups is 2. The zero-order valence-corrected chi connectivity index (χ0v) is 17.5. The molecule has 1 aliphatic carbocycles. The van der Waals surface area contributed by atoms with E-state index in [9.17, 15) is 14.7 Å². The summed E-state index contributed by atoms with van der Waals surface area (Å²) in [6.07, 6.45) is 3.10. The SMILES string of the molecule is CCc1cccc(OCC(O)CN2C(=O)NC(C)(c3ccc4c(c3)CCC4)C2=O)c1. The summed E-state index contributed by atoms with van der Waals surface area (Å²) in [4.78, 5) is 26.8. The lowest BCUT2D eigenvalue weighted by molar-refractivity contribution is -0.132. The van der Waals surface area contributed by atoms with Crippen molar-refractivity contribution in [2.24, 2.45) is 0 Å². The molecule has 6 nitrogen and oxygen atoms in total. The first-order valence-electron chi connectivity index (χ1n) is 10.6. The minimum absolute atomic E-state index is 0.000211. The highest BCUT2D eigenvalue weighted by atomic mass is 16.5. The number of nitrogens with one attached hydrogen (secondary N) is 1. The van der Waals surface area contributed by atoms with E-state index in [1.54, 1.807) is 6.92 Å². The lowest BCUT2D eigenvalue weighted by Gasteiger charge is -2.24. The topological polar surface area (TPSA) is 78.9 Å².